The monoisotopic (exact) mass is 276 g/mol. The number of H-pyrrole nitrogens is 1. The van der Waals surface area contributed by atoms with Crippen molar-refractivity contribution in [1.29, 1.82) is 0 Å². The van der Waals surface area contributed by atoms with E-state index in [1.165, 1.54) is 38.1 Å². The highest BCUT2D eigenvalue weighted by Crippen LogP contribution is 2.16. The SMILES string of the molecule is CC1CCN(CCNc2nc3ccc(F)cc3[nH]2)CC1. The van der Waals surface area contributed by atoms with E-state index in [1.807, 2.05) is 0 Å². The molecule has 20 heavy (non-hydrogen) atoms. The molecule has 1 aromatic heterocycles. The van der Waals surface area contributed by atoms with Crippen LogP contribution in [0.1, 0.15) is 19.8 Å². The Balaban J connectivity index is 1.52. The van der Waals surface area contributed by atoms with Crippen molar-refractivity contribution in [3.63, 3.8) is 0 Å². The molecule has 5 heteroatoms. The van der Waals surface area contributed by atoms with E-state index < -0.39 is 0 Å². The van der Waals surface area contributed by atoms with Crippen LogP contribution in [0.5, 0.6) is 0 Å². The standard InChI is InChI=1S/C15H21FN4/c1-11-4-7-20(8-5-11)9-6-17-15-18-13-3-2-12(16)10-14(13)19-15/h2-3,10-11H,4-9H2,1H3,(H2,17,18,19). The average molecular weight is 276 g/mol. The Morgan fingerprint density at radius 2 is 2.20 bits per heavy atom. The van der Waals surface area contributed by atoms with Crippen LogP contribution in [0.3, 0.4) is 0 Å². The van der Waals surface area contributed by atoms with Crippen molar-refractivity contribution in [2.45, 2.75) is 19.8 Å². The molecule has 1 aromatic carbocycles. The molecule has 4 nitrogen and oxygen atoms in total. The Morgan fingerprint density at radius 1 is 1.40 bits per heavy atom. The van der Waals surface area contributed by atoms with Crippen molar-refractivity contribution in [3.05, 3.63) is 24.0 Å². The Labute approximate surface area is 118 Å². The number of nitrogens with one attached hydrogen (secondary N) is 2. The van der Waals surface area contributed by atoms with Crippen LogP contribution < -0.4 is 5.32 Å². The predicted octanol–water partition coefficient (Wildman–Crippen LogP) is 2.85. The molecule has 0 unspecified atom stereocenters. The van der Waals surface area contributed by atoms with Gasteiger partial charge in [-0.25, -0.2) is 9.37 Å². The maximum Gasteiger partial charge on any atom is 0.201 e. The molecule has 1 fully saturated rings. The van der Waals surface area contributed by atoms with Crippen LogP contribution in [0.25, 0.3) is 11.0 Å². The number of imidazole rings is 1. The van der Waals surface area contributed by atoms with Gasteiger partial charge in [-0.05, 0) is 50.0 Å². The van der Waals surface area contributed by atoms with Crippen LogP contribution >= 0.6 is 0 Å². The lowest BCUT2D eigenvalue weighted by atomic mass is 9.99. The number of benzene rings is 1. The molecular formula is C15H21FN4. The maximum absolute atomic E-state index is 13.1. The first-order chi connectivity index (χ1) is 9.70. The lowest BCUT2D eigenvalue weighted by molar-refractivity contribution is 0.199. The molecular weight excluding hydrogens is 255 g/mol. The normalized spacial score (nSPS) is 17.7. The molecule has 2 N–H and O–H groups in total. The molecule has 0 amide bonds. The molecule has 3 rings (SSSR count). The van der Waals surface area contributed by atoms with E-state index in [-0.39, 0.29) is 5.82 Å². The summed E-state index contributed by atoms with van der Waals surface area (Å²) in [5.41, 5.74) is 1.53. The highest BCUT2D eigenvalue weighted by Gasteiger charge is 2.14. The van der Waals surface area contributed by atoms with E-state index in [1.54, 1.807) is 6.07 Å². The number of piperidine rings is 1. The molecule has 1 aliphatic rings. The van der Waals surface area contributed by atoms with E-state index in [2.05, 4.69) is 27.1 Å². The van der Waals surface area contributed by atoms with Crippen LogP contribution in [0, 0.1) is 11.7 Å². The number of hydrogen-bond acceptors (Lipinski definition) is 3. The maximum atomic E-state index is 13.1. The van der Waals surface area contributed by atoms with Crippen molar-refractivity contribution in [1.82, 2.24) is 14.9 Å². The number of nitrogens with zero attached hydrogens (tertiary/aromatic N) is 2. The first-order valence-electron chi connectivity index (χ1n) is 7.32. The molecule has 0 saturated carbocycles. The summed E-state index contributed by atoms with van der Waals surface area (Å²) >= 11 is 0. The van der Waals surface area contributed by atoms with Crippen LogP contribution in [-0.2, 0) is 0 Å². The number of hydrogen-bond donors (Lipinski definition) is 2. The predicted molar refractivity (Wildman–Crippen MR) is 79.4 cm³/mol. The van der Waals surface area contributed by atoms with Crippen molar-refractivity contribution in [3.8, 4) is 0 Å². The zero-order valence-electron chi connectivity index (χ0n) is 11.8. The molecule has 0 aliphatic carbocycles. The van der Waals surface area contributed by atoms with E-state index in [4.69, 9.17) is 0 Å². The van der Waals surface area contributed by atoms with Crippen molar-refractivity contribution in [2.75, 3.05) is 31.5 Å². The molecule has 2 aromatic rings. The summed E-state index contributed by atoms with van der Waals surface area (Å²) < 4.78 is 13.1. The van der Waals surface area contributed by atoms with Gasteiger partial charge in [0, 0.05) is 13.1 Å². The Hall–Kier alpha value is -1.62. The number of anilines is 1. The van der Waals surface area contributed by atoms with Crippen LogP contribution in [0.4, 0.5) is 10.3 Å². The third kappa shape index (κ3) is 3.10. The van der Waals surface area contributed by atoms with Crippen molar-refractivity contribution < 1.29 is 4.39 Å². The fourth-order valence-corrected chi connectivity index (χ4v) is 2.68. The van der Waals surface area contributed by atoms with Gasteiger partial charge < -0.3 is 15.2 Å². The lowest BCUT2D eigenvalue weighted by Crippen LogP contribution is -2.36. The molecule has 0 spiro atoms. The number of likely N-dealkylation sites (tertiary alicyclic amines) is 1. The van der Waals surface area contributed by atoms with Crippen molar-refractivity contribution >= 4 is 17.0 Å². The minimum atomic E-state index is -0.241. The summed E-state index contributed by atoms with van der Waals surface area (Å²) in [6.07, 6.45) is 2.59. The minimum absolute atomic E-state index is 0.241. The van der Waals surface area contributed by atoms with E-state index in [0.29, 0.717) is 0 Å². The lowest BCUT2D eigenvalue weighted by Gasteiger charge is -2.30. The third-order valence-corrected chi connectivity index (χ3v) is 4.04. The topological polar surface area (TPSA) is 44.0 Å². The van der Waals surface area contributed by atoms with Crippen LogP contribution in [0.15, 0.2) is 18.2 Å². The van der Waals surface area contributed by atoms with E-state index >= 15 is 0 Å². The van der Waals surface area contributed by atoms with Crippen molar-refractivity contribution in [2.24, 2.45) is 5.92 Å². The third-order valence-electron chi connectivity index (χ3n) is 4.04. The molecule has 0 atom stereocenters. The van der Waals surface area contributed by atoms with Gasteiger partial charge in [-0.1, -0.05) is 6.92 Å². The van der Waals surface area contributed by atoms with Gasteiger partial charge in [-0.15, -0.1) is 0 Å². The number of halogens is 1. The summed E-state index contributed by atoms with van der Waals surface area (Å²) in [4.78, 5) is 9.98. The summed E-state index contributed by atoms with van der Waals surface area (Å²) in [7, 11) is 0. The zero-order chi connectivity index (χ0) is 13.9. The van der Waals surface area contributed by atoms with E-state index in [9.17, 15) is 4.39 Å². The zero-order valence-corrected chi connectivity index (χ0v) is 11.8. The minimum Gasteiger partial charge on any atom is -0.355 e. The molecule has 1 saturated heterocycles. The van der Waals surface area contributed by atoms with Gasteiger partial charge in [0.25, 0.3) is 0 Å². The number of aromatic nitrogens is 2. The van der Waals surface area contributed by atoms with Gasteiger partial charge in [0.05, 0.1) is 11.0 Å². The molecule has 0 radical (unpaired) electrons. The average Bonchev–Trinajstić information content (AvgIpc) is 2.83. The smallest absolute Gasteiger partial charge is 0.201 e. The van der Waals surface area contributed by atoms with Gasteiger partial charge in [0.2, 0.25) is 5.95 Å². The first-order valence-corrected chi connectivity index (χ1v) is 7.32. The Morgan fingerprint density at radius 3 is 3.00 bits per heavy atom. The molecule has 108 valence electrons. The molecule has 1 aliphatic heterocycles. The second-order valence-corrected chi connectivity index (χ2v) is 5.70. The van der Waals surface area contributed by atoms with Gasteiger partial charge >= 0.3 is 0 Å². The number of aromatic amines is 1. The number of fused-ring (bicyclic) bond motifs is 1. The second-order valence-electron chi connectivity index (χ2n) is 5.70. The Kier molecular flexibility index (Phi) is 3.87. The summed E-state index contributed by atoms with van der Waals surface area (Å²) in [5, 5.41) is 3.28. The van der Waals surface area contributed by atoms with Crippen LogP contribution in [0.2, 0.25) is 0 Å². The van der Waals surface area contributed by atoms with Crippen LogP contribution in [-0.4, -0.2) is 41.0 Å². The van der Waals surface area contributed by atoms with Gasteiger partial charge in [0.1, 0.15) is 5.82 Å². The second kappa shape index (κ2) is 5.79. The van der Waals surface area contributed by atoms with Gasteiger partial charge in [0.15, 0.2) is 0 Å². The highest BCUT2D eigenvalue weighted by atomic mass is 19.1. The molecule has 2 heterocycles. The van der Waals surface area contributed by atoms with E-state index in [0.717, 1.165) is 36.0 Å². The Bertz CT molecular complexity index is 572. The summed E-state index contributed by atoms with van der Waals surface area (Å²) in [6.45, 7) is 6.58. The van der Waals surface area contributed by atoms with Gasteiger partial charge in [-0.3, -0.25) is 0 Å². The largest absolute Gasteiger partial charge is 0.355 e. The highest BCUT2D eigenvalue weighted by molar-refractivity contribution is 5.77. The fraction of sp³-hybridized carbons (Fsp3) is 0.533. The van der Waals surface area contributed by atoms with Gasteiger partial charge in [-0.2, -0.15) is 0 Å². The first kappa shape index (κ1) is 13.4. The summed E-state index contributed by atoms with van der Waals surface area (Å²) in [6, 6.07) is 4.60. The fourth-order valence-electron chi connectivity index (χ4n) is 2.68. The number of rotatable bonds is 4. The summed E-state index contributed by atoms with van der Waals surface area (Å²) in [5.74, 6) is 1.34. The molecule has 0 bridgehead atoms. The quantitative estimate of drug-likeness (QED) is 0.902.